The molecule has 36 heavy (non-hydrogen) atoms. The molecule has 1 atom stereocenters. The van der Waals surface area contributed by atoms with Crippen molar-refractivity contribution in [2.45, 2.75) is 25.8 Å². The van der Waals surface area contributed by atoms with Crippen LogP contribution in [0.15, 0.2) is 30.3 Å². The van der Waals surface area contributed by atoms with Gasteiger partial charge < -0.3 is 34.8 Å². The smallest absolute Gasteiger partial charge is 0.409 e. The van der Waals surface area contributed by atoms with Gasteiger partial charge in [-0.2, -0.15) is 0 Å². The van der Waals surface area contributed by atoms with Crippen LogP contribution in [0.25, 0.3) is 10.9 Å². The van der Waals surface area contributed by atoms with E-state index in [-0.39, 0.29) is 64.5 Å². The van der Waals surface area contributed by atoms with Gasteiger partial charge in [0.25, 0.3) is 5.91 Å². The maximum absolute atomic E-state index is 13.2. The van der Waals surface area contributed by atoms with Crippen LogP contribution in [-0.4, -0.2) is 101 Å². The van der Waals surface area contributed by atoms with Crippen molar-refractivity contribution in [3.05, 3.63) is 36.0 Å². The minimum Gasteiger partial charge on any atom is -0.490 e. The number of benzene rings is 1. The van der Waals surface area contributed by atoms with Crippen LogP contribution in [0.4, 0.5) is 4.79 Å². The number of aliphatic hydroxyl groups is 1. The molecular weight excluding hydrogens is 472 g/mol. The third-order valence-corrected chi connectivity index (χ3v) is 5.63. The summed E-state index contributed by atoms with van der Waals surface area (Å²) in [5.74, 6) is -1.85. The SMILES string of the molecule is CCOC(=O)N1CCN(C(=O)C(CCC(=O)O)NC(=O)c2cc(OCCO)c3ccccc3n2)CC1. The highest BCUT2D eigenvalue weighted by atomic mass is 16.6. The monoisotopic (exact) mass is 502 g/mol. The Balaban J connectivity index is 1.76. The first kappa shape index (κ1) is 26.7. The van der Waals surface area contributed by atoms with Gasteiger partial charge >= 0.3 is 12.1 Å². The lowest BCUT2D eigenvalue weighted by Gasteiger charge is -2.35. The average molecular weight is 503 g/mol. The van der Waals surface area contributed by atoms with Gasteiger partial charge in [0, 0.05) is 44.1 Å². The summed E-state index contributed by atoms with van der Waals surface area (Å²) >= 11 is 0. The molecule has 0 aliphatic carbocycles. The van der Waals surface area contributed by atoms with Gasteiger partial charge in [0.15, 0.2) is 0 Å². The van der Waals surface area contributed by atoms with Crippen molar-refractivity contribution in [3.63, 3.8) is 0 Å². The predicted octanol–water partition coefficient (Wildman–Crippen LogP) is 0.870. The van der Waals surface area contributed by atoms with Crippen LogP contribution in [0.1, 0.15) is 30.3 Å². The zero-order valence-electron chi connectivity index (χ0n) is 20.0. The summed E-state index contributed by atoms with van der Waals surface area (Å²) in [7, 11) is 0. The molecule has 194 valence electrons. The Bertz CT molecular complexity index is 1100. The highest BCUT2D eigenvalue weighted by molar-refractivity contribution is 5.99. The maximum atomic E-state index is 13.2. The van der Waals surface area contributed by atoms with Crippen molar-refractivity contribution < 1.29 is 38.9 Å². The number of para-hydroxylation sites is 1. The average Bonchev–Trinajstić information content (AvgIpc) is 2.89. The number of aliphatic carboxylic acids is 1. The number of aliphatic hydroxyl groups excluding tert-OH is 1. The summed E-state index contributed by atoms with van der Waals surface area (Å²) < 4.78 is 10.6. The van der Waals surface area contributed by atoms with E-state index in [1.807, 2.05) is 0 Å². The molecule has 2 heterocycles. The van der Waals surface area contributed by atoms with Crippen LogP contribution in [0.5, 0.6) is 5.75 Å². The molecule has 1 aliphatic heterocycles. The molecule has 1 unspecified atom stereocenters. The van der Waals surface area contributed by atoms with Gasteiger partial charge in [-0.1, -0.05) is 12.1 Å². The number of nitrogens with one attached hydrogen (secondary N) is 1. The zero-order valence-corrected chi connectivity index (χ0v) is 20.0. The van der Waals surface area contributed by atoms with Crippen molar-refractivity contribution in [1.29, 1.82) is 0 Å². The first-order valence-electron chi connectivity index (χ1n) is 11.7. The van der Waals surface area contributed by atoms with Gasteiger partial charge in [0.05, 0.1) is 18.7 Å². The number of pyridine rings is 1. The molecule has 3 amide bonds. The number of amides is 3. The third-order valence-electron chi connectivity index (χ3n) is 5.63. The second-order valence-electron chi connectivity index (χ2n) is 8.06. The predicted molar refractivity (Wildman–Crippen MR) is 128 cm³/mol. The number of carboxylic acid groups (broad SMARTS) is 1. The Morgan fingerprint density at radius 3 is 2.47 bits per heavy atom. The number of nitrogens with zero attached hydrogens (tertiary/aromatic N) is 3. The molecule has 1 fully saturated rings. The molecule has 3 N–H and O–H groups in total. The lowest BCUT2D eigenvalue weighted by atomic mass is 10.1. The topological polar surface area (TPSA) is 159 Å². The van der Waals surface area contributed by atoms with Crippen molar-refractivity contribution >= 4 is 34.8 Å². The minimum absolute atomic E-state index is 0.0121. The molecule has 2 aromatic rings. The molecule has 0 saturated carbocycles. The van der Waals surface area contributed by atoms with E-state index < -0.39 is 29.9 Å². The standard InChI is InChI=1S/C24H30N4O8/c1-2-35-24(34)28-11-9-27(10-12-28)23(33)18(7-8-21(30)31)26-22(32)19-15-20(36-14-13-29)16-5-3-4-6-17(16)25-19/h3-6,15,18,29H,2,7-14H2,1H3,(H,26,32)(H,30,31). The van der Waals surface area contributed by atoms with Crippen LogP contribution in [0.2, 0.25) is 0 Å². The van der Waals surface area contributed by atoms with Crippen LogP contribution < -0.4 is 10.1 Å². The Labute approximate surface area is 207 Å². The van der Waals surface area contributed by atoms with E-state index >= 15 is 0 Å². The molecule has 0 spiro atoms. The molecule has 1 aromatic heterocycles. The fourth-order valence-corrected chi connectivity index (χ4v) is 3.84. The maximum Gasteiger partial charge on any atom is 0.409 e. The van der Waals surface area contributed by atoms with Crippen LogP contribution >= 0.6 is 0 Å². The molecule has 12 heteroatoms. The number of rotatable bonds is 10. The molecular formula is C24H30N4O8. The summed E-state index contributed by atoms with van der Waals surface area (Å²) in [6.07, 6.45) is -0.892. The van der Waals surface area contributed by atoms with E-state index in [0.717, 1.165) is 0 Å². The largest absolute Gasteiger partial charge is 0.490 e. The molecule has 3 rings (SSSR count). The van der Waals surface area contributed by atoms with Gasteiger partial charge in [0.1, 0.15) is 24.1 Å². The fourth-order valence-electron chi connectivity index (χ4n) is 3.84. The lowest BCUT2D eigenvalue weighted by Crippen LogP contribution is -2.56. The van der Waals surface area contributed by atoms with E-state index in [1.54, 1.807) is 31.2 Å². The van der Waals surface area contributed by atoms with Crippen LogP contribution in [0.3, 0.4) is 0 Å². The first-order chi connectivity index (χ1) is 17.3. The zero-order chi connectivity index (χ0) is 26.1. The molecule has 1 aromatic carbocycles. The summed E-state index contributed by atoms with van der Waals surface area (Å²) in [6, 6.07) is 7.34. The second-order valence-corrected chi connectivity index (χ2v) is 8.06. The van der Waals surface area contributed by atoms with Crippen molar-refractivity contribution in [2.75, 3.05) is 46.0 Å². The number of carboxylic acids is 1. The van der Waals surface area contributed by atoms with Gasteiger partial charge in [-0.25, -0.2) is 9.78 Å². The normalized spacial score (nSPS) is 14.3. The lowest BCUT2D eigenvalue weighted by molar-refractivity contribution is -0.138. The summed E-state index contributed by atoms with van der Waals surface area (Å²) in [4.78, 5) is 56.8. The van der Waals surface area contributed by atoms with Gasteiger partial charge in [-0.05, 0) is 25.5 Å². The molecule has 12 nitrogen and oxygen atoms in total. The quantitative estimate of drug-likeness (QED) is 0.428. The number of ether oxygens (including phenoxy) is 2. The number of aromatic nitrogens is 1. The third kappa shape index (κ3) is 6.81. The van der Waals surface area contributed by atoms with Crippen molar-refractivity contribution in [1.82, 2.24) is 20.1 Å². The number of carbonyl (C=O) groups excluding carboxylic acids is 3. The molecule has 1 saturated heterocycles. The van der Waals surface area contributed by atoms with Gasteiger partial charge in [0.2, 0.25) is 5.91 Å². The van der Waals surface area contributed by atoms with E-state index in [9.17, 15) is 19.2 Å². The Kier molecular flexibility index (Phi) is 9.39. The second kappa shape index (κ2) is 12.7. The summed E-state index contributed by atoms with van der Waals surface area (Å²) in [5.41, 5.74) is 0.475. The first-order valence-corrected chi connectivity index (χ1v) is 11.7. The summed E-state index contributed by atoms with van der Waals surface area (Å²) in [6.45, 7) is 2.75. The van der Waals surface area contributed by atoms with Crippen molar-refractivity contribution in [3.8, 4) is 5.75 Å². The van der Waals surface area contributed by atoms with E-state index in [2.05, 4.69) is 10.3 Å². The van der Waals surface area contributed by atoms with Gasteiger partial charge in [-0.3, -0.25) is 14.4 Å². The number of piperazine rings is 1. The number of fused-ring (bicyclic) bond motifs is 1. The number of hydrogen-bond acceptors (Lipinski definition) is 8. The molecule has 0 bridgehead atoms. The minimum atomic E-state index is -1.10. The van der Waals surface area contributed by atoms with Crippen molar-refractivity contribution in [2.24, 2.45) is 0 Å². The van der Waals surface area contributed by atoms with E-state index in [0.29, 0.717) is 16.7 Å². The Hall–Kier alpha value is -3.93. The van der Waals surface area contributed by atoms with Crippen LogP contribution in [0, 0.1) is 0 Å². The van der Waals surface area contributed by atoms with E-state index in [1.165, 1.54) is 15.9 Å². The Morgan fingerprint density at radius 1 is 1.11 bits per heavy atom. The van der Waals surface area contributed by atoms with Crippen LogP contribution in [-0.2, 0) is 14.3 Å². The number of hydrogen-bond donors (Lipinski definition) is 3. The van der Waals surface area contributed by atoms with Gasteiger partial charge in [-0.15, -0.1) is 0 Å². The highest BCUT2D eigenvalue weighted by Gasteiger charge is 2.31. The fraction of sp³-hybridized carbons (Fsp3) is 0.458. The molecule has 0 radical (unpaired) electrons. The molecule has 1 aliphatic rings. The summed E-state index contributed by atoms with van der Waals surface area (Å²) in [5, 5.41) is 21.5. The highest BCUT2D eigenvalue weighted by Crippen LogP contribution is 2.25. The number of carbonyl (C=O) groups is 4. The Morgan fingerprint density at radius 2 is 1.81 bits per heavy atom. The van der Waals surface area contributed by atoms with E-state index in [4.69, 9.17) is 19.7 Å².